The smallest absolute Gasteiger partial charge is 0.296 e. The standard InChI is InChI=1S/C19H30O4S/c1-17-10-12-18(13-11-17)24(20,21)23-15-9-7-5-3-4-6-8-14-19(2)16-22-19/h10-13H,3-9,14-16H2,1-2H3. The fourth-order valence-corrected chi connectivity index (χ4v) is 3.64. The molecule has 0 saturated carbocycles. The third kappa shape index (κ3) is 6.91. The van der Waals surface area contributed by atoms with E-state index in [4.69, 9.17) is 8.92 Å². The molecule has 0 aliphatic carbocycles. The summed E-state index contributed by atoms with van der Waals surface area (Å²) in [5.74, 6) is 0. The lowest BCUT2D eigenvalue weighted by Crippen LogP contribution is -2.07. The van der Waals surface area contributed by atoms with Crippen molar-refractivity contribution in [1.29, 1.82) is 0 Å². The largest absolute Gasteiger partial charge is 0.370 e. The third-order valence-electron chi connectivity index (χ3n) is 4.54. The van der Waals surface area contributed by atoms with E-state index in [2.05, 4.69) is 6.92 Å². The lowest BCUT2D eigenvalue weighted by atomic mass is 10.0. The molecule has 1 aromatic carbocycles. The Kier molecular flexibility index (Phi) is 7.26. The van der Waals surface area contributed by atoms with E-state index in [1.165, 1.54) is 32.1 Å². The first-order valence-electron chi connectivity index (χ1n) is 9.01. The quantitative estimate of drug-likeness (QED) is 0.312. The molecule has 0 aromatic heterocycles. The number of hydrogen-bond donors (Lipinski definition) is 0. The molecule has 2 rings (SSSR count). The Balaban J connectivity index is 1.47. The Morgan fingerprint density at radius 2 is 1.54 bits per heavy atom. The van der Waals surface area contributed by atoms with Crippen molar-refractivity contribution in [3.05, 3.63) is 29.8 Å². The second-order valence-corrected chi connectivity index (χ2v) is 8.67. The van der Waals surface area contributed by atoms with Crippen LogP contribution in [0.2, 0.25) is 0 Å². The Labute approximate surface area is 146 Å². The van der Waals surface area contributed by atoms with E-state index in [1.54, 1.807) is 24.3 Å². The normalized spacial score (nSPS) is 20.2. The van der Waals surface area contributed by atoms with Gasteiger partial charge in [0.05, 0.1) is 23.7 Å². The van der Waals surface area contributed by atoms with Crippen LogP contribution in [0.15, 0.2) is 29.2 Å². The lowest BCUT2D eigenvalue weighted by molar-refractivity contribution is 0.299. The molecule has 1 saturated heterocycles. The summed E-state index contributed by atoms with van der Waals surface area (Å²) in [4.78, 5) is 0.237. The number of benzene rings is 1. The first kappa shape index (κ1) is 19.4. The number of unbranched alkanes of at least 4 members (excludes halogenated alkanes) is 6. The molecule has 136 valence electrons. The van der Waals surface area contributed by atoms with Gasteiger partial charge in [0.2, 0.25) is 0 Å². The number of aryl methyl sites for hydroxylation is 1. The minimum absolute atomic E-state index is 0.195. The summed E-state index contributed by atoms with van der Waals surface area (Å²) in [6.45, 7) is 5.30. The van der Waals surface area contributed by atoms with E-state index in [0.717, 1.165) is 31.4 Å². The van der Waals surface area contributed by atoms with Gasteiger partial charge >= 0.3 is 0 Å². The van der Waals surface area contributed by atoms with Crippen LogP contribution in [0, 0.1) is 6.92 Å². The maximum absolute atomic E-state index is 12.0. The van der Waals surface area contributed by atoms with Crippen molar-refractivity contribution in [2.24, 2.45) is 0 Å². The Morgan fingerprint density at radius 3 is 2.12 bits per heavy atom. The van der Waals surface area contributed by atoms with E-state index in [-0.39, 0.29) is 17.1 Å². The van der Waals surface area contributed by atoms with Crippen LogP contribution < -0.4 is 0 Å². The summed E-state index contributed by atoms with van der Waals surface area (Å²) in [7, 11) is -3.60. The van der Waals surface area contributed by atoms with E-state index in [9.17, 15) is 8.42 Å². The molecule has 0 spiro atoms. The summed E-state index contributed by atoms with van der Waals surface area (Å²) in [6, 6.07) is 6.76. The van der Waals surface area contributed by atoms with Gasteiger partial charge in [0, 0.05) is 0 Å². The van der Waals surface area contributed by atoms with Gasteiger partial charge in [-0.1, -0.05) is 56.2 Å². The summed E-state index contributed by atoms with van der Waals surface area (Å²) in [5, 5.41) is 0. The van der Waals surface area contributed by atoms with Crippen LogP contribution in [0.1, 0.15) is 63.9 Å². The minimum Gasteiger partial charge on any atom is -0.370 e. The van der Waals surface area contributed by atoms with Gasteiger partial charge in [0.25, 0.3) is 10.1 Å². The zero-order chi connectivity index (χ0) is 17.5. The topological polar surface area (TPSA) is 55.9 Å². The highest BCUT2D eigenvalue weighted by Crippen LogP contribution is 2.31. The average Bonchev–Trinajstić information content (AvgIpc) is 3.27. The lowest BCUT2D eigenvalue weighted by Gasteiger charge is -2.06. The average molecular weight is 355 g/mol. The van der Waals surface area contributed by atoms with Crippen LogP contribution in [-0.4, -0.2) is 27.2 Å². The van der Waals surface area contributed by atoms with E-state index in [1.807, 2.05) is 6.92 Å². The summed E-state index contributed by atoms with van der Waals surface area (Å²) >= 11 is 0. The first-order chi connectivity index (χ1) is 11.4. The molecule has 5 heteroatoms. The molecule has 24 heavy (non-hydrogen) atoms. The van der Waals surface area contributed by atoms with E-state index >= 15 is 0 Å². The van der Waals surface area contributed by atoms with Gasteiger partial charge in [-0.05, 0) is 38.8 Å². The SMILES string of the molecule is Cc1ccc(S(=O)(=O)OCCCCCCCCCC2(C)CO2)cc1. The molecule has 1 fully saturated rings. The third-order valence-corrected chi connectivity index (χ3v) is 5.86. The summed E-state index contributed by atoms with van der Waals surface area (Å²) in [6.07, 6.45) is 9.09. The van der Waals surface area contributed by atoms with Gasteiger partial charge in [-0.3, -0.25) is 4.18 Å². The van der Waals surface area contributed by atoms with Crippen LogP contribution in [0.5, 0.6) is 0 Å². The second kappa shape index (κ2) is 8.97. The maximum atomic E-state index is 12.0. The van der Waals surface area contributed by atoms with Crippen LogP contribution in [0.4, 0.5) is 0 Å². The predicted octanol–water partition coefficient (Wildman–Crippen LogP) is 4.61. The molecular formula is C19H30O4S. The van der Waals surface area contributed by atoms with Gasteiger partial charge in [-0.25, -0.2) is 0 Å². The van der Waals surface area contributed by atoms with Crippen molar-refractivity contribution in [2.75, 3.05) is 13.2 Å². The molecule has 1 atom stereocenters. The second-order valence-electron chi connectivity index (χ2n) is 7.05. The Morgan fingerprint density at radius 1 is 1.00 bits per heavy atom. The Hall–Kier alpha value is -0.910. The van der Waals surface area contributed by atoms with Crippen LogP contribution in [0.25, 0.3) is 0 Å². The molecule has 1 unspecified atom stereocenters. The highest BCUT2D eigenvalue weighted by atomic mass is 32.2. The van der Waals surface area contributed by atoms with Crippen LogP contribution in [0.3, 0.4) is 0 Å². The maximum Gasteiger partial charge on any atom is 0.296 e. The molecule has 0 radical (unpaired) electrons. The zero-order valence-corrected chi connectivity index (χ0v) is 15.7. The molecule has 4 nitrogen and oxygen atoms in total. The monoisotopic (exact) mass is 354 g/mol. The molecule has 0 amide bonds. The van der Waals surface area contributed by atoms with E-state index < -0.39 is 10.1 Å². The van der Waals surface area contributed by atoms with Crippen LogP contribution >= 0.6 is 0 Å². The predicted molar refractivity (Wildman–Crippen MR) is 95.6 cm³/mol. The molecule has 1 aliphatic rings. The van der Waals surface area contributed by atoms with Gasteiger partial charge in [0.15, 0.2) is 0 Å². The van der Waals surface area contributed by atoms with Gasteiger partial charge < -0.3 is 4.74 Å². The van der Waals surface area contributed by atoms with Gasteiger partial charge in [-0.2, -0.15) is 8.42 Å². The van der Waals surface area contributed by atoms with Crippen LogP contribution in [-0.2, 0) is 19.0 Å². The molecular weight excluding hydrogens is 324 g/mol. The highest BCUT2D eigenvalue weighted by molar-refractivity contribution is 7.86. The molecule has 1 heterocycles. The zero-order valence-electron chi connectivity index (χ0n) is 14.9. The molecule has 0 bridgehead atoms. The minimum atomic E-state index is -3.60. The number of epoxide rings is 1. The van der Waals surface area contributed by atoms with Crippen molar-refractivity contribution in [3.8, 4) is 0 Å². The number of ether oxygens (including phenoxy) is 1. The highest BCUT2D eigenvalue weighted by Gasteiger charge is 2.37. The van der Waals surface area contributed by atoms with Gasteiger partial charge in [-0.15, -0.1) is 0 Å². The molecule has 1 aliphatic heterocycles. The Bertz CT molecular complexity index is 588. The fraction of sp³-hybridized carbons (Fsp3) is 0.684. The van der Waals surface area contributed by atoms with Crippen molar-refractivity contribution in [2.45, 2.75) is 75.7 Å². The fourth-order valence-electron chi connectivity index (χ4n) is 2.69. The summed E-state index contributed by atoms with van der Waals surface area (Å²) in [5.41, 5.74) is 1.23. The molecule has 1 aromatic rings. The number of hydrogen-bond acceptors (Lipinski definition) is 4. The number of rotatable bonds is 12. The van der Waals surface area contributed by atoms with Crippen molar-refractivity contribution >= 4 is 10.1 Å². The van der Waals surface area contributed by atoms with E-state index in [0.29, 0.717) is 0 Å². The molecule has 0 N–H and O–H groups in total. The summed E-state index contributed by atoms with van der Waals surface area (Å²) < 4.78 is 34.5. The van der Waals surface area contributed by atoms with Crippen molar-refractivity contribution in [1.82, 2.24) is 0 Å². The van der Waals surface area contributed by atoms with Crippen molar-refractivity contribution < 1.29 is 17.3 Å². The van der Waals surface area contributed by atoms with Gasteiger partial charge in [0.1, 0.15) is 0 Å². The van der Waals surface area contributed by atoms with Crippen molar-refractivity contribution in [3.63, 3.8) is 0 Å². The first-order valence-corrected chi connectivity index (χ1v) is 10.4.